The van der Waals surface area contributed by atoms with Gasteiger partial charge in [-0.15, -0.1) is 57.1 Å². The normalized spacial score (nSPS) is 26.4. The monoisotopic (exact) mass is 1630 g/mol. The number of esters is 1. The number of aliphatic hydroxyl groups is 16. The van der Waals surface area contributed by atoms with Gasteiger partial charge < -0.3 is 86.4 Å². The Kier molecular flexibility index (Phi) is 25.7. The Labute approximate surface area is 658 Å². The number of nitrogens with zero attached hydrogens (tertiary/aromatic N) is 17. The molecular weight excluding hydrogens is 1560 g/mol. The van der Waals surface area contributed by atoms with Crippen LogP contribution in [0.15, 0.2) is 154 Å². The molecule has 10 rings (SSSR count). The Hall–Kier alpha value is -10.8. The largest absolute Gasteiger partial charge is 0.495 e. The van der Waals surface area contributed by atoms with Crippen LogP contribution in [0.5, 0.6) is 0 Å². The van der Waals surface area contributed by atoms with Crippen LogP contribution in [0.1, 0.15) is 163 Å². The van der Waals surface area contributed by atoms with Gasteiger partial charge in [-0.05, 0) is 71.9 Å². The molecule has 0 saturated heterocycles. The molecule has 14 unspecified atom stereocenters. The van der Waals surface area contributed by atoms with Crippen molar-refractivity contribution in [3.63, 3.8) is 0 Å². The SMILES string of the molecule is C=C(N=C(O)C(=C)N=C(O)c1csc(C2=NC3c4csc(n4)C4N=C(O)c5csc(n5)C(C(C)(O)C(C)O)N=C(O)C5CSC(=N5)C(=CC)N=C(O)C(C(C)O)N=C(O)c5csc(n5)C3(CC2)N=C(O)C(C)N=C(O)C(=C)N=C(O)C(=C)N=C(O)C(C(C)C)NC2C=Cc3c(CO)cc(nc3C2O)C(=O)OC4C)n1)C(=N)O. The first-order valence-corrected chi connectivity index (χ1v) is 38.5. The number of hydrogen-bond donors (Lipinski definition) is 18. The third-order valence-electron chi connectivity index (χ3n) is 17.9. The molecule has 0 fully saturated rings. The van der Waals surface area contributed by atoms with Gasteiger partial charge >= 0.3 is 5.97 Å². The number of allylic oxidation sites excluding steroid dienone is 1. The van der Waals surface area contributed by atoms with Gasteiger partial charge in [-0.3, -0.25) is 20.7 Å². The minimum atomic E-state index is -2.20. The Morgan fingerprint density at radius 1 is 0.777 bits per heavy atom. The molecule has 592 valence electrons. The molecular formula is C70H79N19O18S5. The van der Waals surface area contributed by atoms with E-state index >= 15 is 0 Å². The minimum Gasteiger partial charge on any atom is -0.495 e. The molecule has 18 N–H and O–H groups in total. The molecule has 0 saturated carbocycles. The number of aliphatic hydroxyl groups excluding tert-OH is 15. The second-order valence-electron chi connectivity index (χ2n) is 26.4. The van der Waals surface area contributed by atoms with Gasteiger partial charge in [0.1, 0.15) is 124 Å². The first-order valence-electron chi connectivity index (χ1n) is 34.0. The van der Waals surface area contributed by atoms with Crippen LogP contribution in [0.4, 0.5) is 0 Å². The predicted octanol–water partition coefficient (Wildman–Crippen LogP) is 8.60. The highest BCUT2D eigenvalue weighted by Crippen LogP contribution is 2.51. The van der Waals surface area contributed by atoms with Gasteiger partial charge in [-0.2, -0.15) is 0 Å². The second-order valence-corrected chi connectivity index (χ2v) is 30.9. The summed E-state index contributed by atoms with van der Waals surface area (Å²) < 4.78 is 6.22. The zero-order valence-corrected chi connectivity index (χ0v) is 65.0. The highest BCUT2D eigenvalue weighted by molar-refractivity contribution is 8.14. The number of rotatable bonds is 11. The molecule has 112 heavy (non-hydrogen) atoms. The summed E-state index contributed by atoms with van der Waals surface area (Å²) in [5.41, 5.74) is -7.43. The maximum atomic E-state index is 14.9. The molecule has 0 radical (unpaired) electrons. The first-order chi connectivity index (χ1) is 52.8. The van der Waals surface area contributed by atoms with Crippen LogP contribution in [-0.2, 0) is 16.9 Å². The molecule has 5 aliphatic rings. The topological polar surface area (TPSA) is 599 Å². The fourth-order valence-corrected chi connectivity index (χ4v) is 16.3. The van der Waals surface area contributed by atoms with Gasteiger partial charge in [0, 0.05) is 32.8 Å². The van der Waals surface area contributed by atoms with Gasteiger partial charge in [-0.1, -0.05) is 58.4 Å². The van der Waals surface area contributed by atoms with Crippen LogP contribution in [-0.4, -0.2) is 248 Å². The number of aliphatic imine (C=N–C) groups is 12. The van der Waals surface area contributed by atoms with Crippen molar-refractivity contribution in [2.75, 3.05) is 5.75 Å². The standard InChI is InChI=1S/C70H79N19O18S5/c1-13-36-63-82-43(22-108-63)60(102)88-51(69(12,106)33(11)92)66-84-42(23-111-66)58(100)87-47-32(10)107-67(105)39-18-34(19-90)35-14-15-37(49(93)48(35)78-39)77-45(25(2)3)61(103)76-29(7)55(97)73-27(5)54(96)74-30(8)56(98)89-70(68-85-44(24-112-68)59(101)86-46(31(9)91)62(104)80-36)17-16-38(79-50(70)40-20-110-65(47)81-40)64-83-41(21-109-64)57(99)75-28(6)53(95)72-26(4)52(71)94/h13-15,18,20-21,23-25,30-33,37,43,45-47,49-51,77,90-93,106H,4-7,16-17,19,22H2,1-3,8-12H3,(H2,71,94)(H,72,95)(H,73,97)(H,74,96)(H,75,99)(H,76,103)(H,80,104)(H,86,101)(H,87,100)(H,88,102)(H,89,98). The third-order valence-corrected chi connectivity index (χ3v) is 22.7. The van der Waals surface area contributed by atoms with Crippen LogP contribution in [0.3, 0.4) is 0 Å². The number of pyridine rings is 1. The summed E-state index contributed by atoms with van der Waals surface area (Å²) in [6, 6.07) is -10.2. The molecule has 5 aromatic heterocycles. The molecule has 42 heteroatoms. The van der Waals surface area contributed by atoms with Crippen molar-refractivity contribution in [3.05, 3.63) is 160 Å². The molecule has 0 amide bonds. The Morgan fingerprint density at radius 2 is 1.46 bits per heavy atom. The number of hydrogen-bond acceptors (Lipinski definition) is 31. The average Bonchev–Trinajstić information content (AvgIpc) is 1.46. The van der Waals surface area contributed by atoms with Crippen LogP contribution in [0.2, 0.25) is 0 Å². The number of carbonyl (C=O) groups is 1. The zero-order valence-electron chi connectivity index (χ0n) is 60.9. The Bertz CT molecular complexity index is 5050. The fraction of sp³-hybridized carbons (Fsp3) is 0.386. The number of ether oxygens (including phenoxy) is 1. The van der Waals surface area contributed by atoms with Crippen LogP contribution < -0.4 is 5.32 Å². The molecule has 4 aliphatic heterocycles. The molecule has 14 atom stereocenters. The van der Waals surface area contributed by atoms with Crippen molar-refractivity contribution < 1.29 is 91.2 Å². The smallest absolute Gasteiger partial charge is 0.357 e. The summed E-state index contributed by atoms with van der Waals surface area (Å²) in [4.78, 5) is 91.0. The highest BCUT2D eigenvalue weighted by Gasteiger charge is 2.50. The summed E-state index contributed by atoms with van der Waals surface area (Å²) in [5, 5.41) is 200. The number of cyclic esters (lactones) is 1. The van der Waals surface area contributed by atoms with Crippen molar-refractivity contribution in [1.29, 1.82) is 5.41 Å². The number of aromatic nitrogens is 5. The van der Waals surface area contributed by atoms with E-state index in [9.17, 15) is 86.5 Å². The summed E-state index contributed by atoms with van der Waals surface area (Å²) in [6.45, 7) is 25.1. The maximum absolute atomic E-state index is 14.9. The molecule has 13 bridgehead atoms. The van der Waals surface area contributed by atoms with Gasteiger partial charge in [0.25, 0.3) is 0 Å². The van der Waals surface area contributed by atoms with Crippen molar-refractivity contribution in [2.45, 2.75) is 159 Å². The van der Waals surface area contributed by atoms with E-state index < -0.39 is 196 Å². The van der Waals surface area contributed by atoms with Crippen LogP contribution >= 0.6 is 57.1 Å². The molecule has 5 aromatic rings. The first kappa shape index (κ1) is 83.7. The lowest BCUT2D eigenvalue weighted by atomic mass is 9.81. The number of thioether (sulfide) groups is 1. The van der Waals surface area contributed by atoms with E-state index in [2.05, 4.69) is 91.5 Å². The third kappa shape index (κ3) is 18.1. The van der Waals surface area contributed by atoms with E-state index in [1.165, 1.54) is 80.4 Å². The number of fused-ring (bicyclic) bond motifs is 7. The van der Waals surface area contributed by atoms with E-state index in [4.69, 9.17) is 35.1 Å². The summed E-state index contributed by atoms with van der Waals surface area (Å²) >= 11 is 4.55. The maximum Gasteiger partial charge on any atom is 0.357 e. The number of nitrogens with one attached hydrogen (secondary N) is 2. The van der Waals surface area contributed by atoms with Crippen molar-refractivity contribution in [1.82, 2.24) is 30.2 Å². The summed E-state index contributed by atoms with van der Waals surface area (Å²) in [6.07, 6.45) is -2.17. The van der Waals surface area contributed by atoms with E-state index in [1.54, 1.807) is 20.8 Å². The lowest BCUT2D eigenvalue weighted by Gasteiger charge is -2.37. The van der Waals surface area contributed by atoms with Crippen molar-refractivity contribution in [2.24, 2.45) is 65.8 Å². The van der Waals surface area contributed by atoms with Crippen LogP contribution in [0.25, 0.3) is 6.08 Å². The lowest BCUT2D eigenvalue weighted by molar-refractivity contribution is -0.0698. The number of carbonyl (C=O) groups excluding carboxylic acids is 1. The summed E-state index contributed by atoms with van der Waals surface area (Å²) in [7, 11) is 0. The minimum absolute atomic E-state index is 0.0208. The molecule has 9 heterocycles. The van der Waals surface area contributed by atoms with Gasteiger partial charge in [0.05, 0.1) is 53.7 Å². The van der Waals surface area contributed by atoms with E-state index in [0.717, 1.165) is 57.1 Å². The molecule has 1 aliphatic carbocycles. The van der Waals surface area contributed by atoms with Gasteiger partial charge in [0.15, 0.2) is 6.04 Å². The van der Waals surface area contributed by atoms with Crippen molar-refractivity contribution >= 4 is 145 Å². The van der Waals surface area contributed by atoms with Gasteiger partial charge in [-0.25, -0.2) is 79.6 Å². The molecule has 0 aromatic carbocycles. The van der Waals surface area contributed by atoms with E-state index in [0.29, 0.717) is 0 Å². The Balaban J connectivity index is 1.25. The Morgan fingerprint density at radius 3 is 2.14 bits per heavy atom. The number of thiazole rings is 4. The van der Waals surface area contributed by atoms with E-state index in [1.807, 2.05) is 0 Å². The van der Waals surface area contributed by atoms with Crippen LogP contribution in [0, 0.1) is 11.3 Å². The lowest BCUT2D eigenvalue weighted by Crippen LogP contribution is -2.49. The fourth-order valence-electron chi connectivity index (χ4n) is 11.5. The van der Waals surface area contributed by atoms with Crippen molar-refractivity contribution in [3.8, 4) is 0 Å². The molecule has 37 nitrogen and oxygen atoms in total. The quantitative estimate of drug-likeness (QED) is 0.0334. The van der Waals surface area contributed by atoms with E-state index in [-0.39, 0.29) is 94.7 Å². The average molecular weight is 1630 g/mol. The highest BCUT2D eigenvalue weighted by atomic mass is 32.2. The predicted molar refractivity (Wildman–Crippen MR) is 428 cm³/mol. The molecule has 0 spiro atoms. The van der Waals surface area contributed by atoms with Gasteiger partial charge in [0.2, 0.25) is 64.9 Å². The zero-order chi connectivity index (χ0) is 81.9. The second kappa shape index (κ2) is 34.4. The summed E-state index contributed by atoms with van der Waals surface area (Å²) in [5.74, 6) is -11.1.